The molecule has 5 rings (SSSR count). The second-order valence-electron chi connectivity index (χ2n) is 16.9. The number of ether oxygens (including phenoxy) is 1. The predicted octanol–water partition coefficient (Wildman–Crippen LogP) is 2.82. The minimum absolute atomic E-state index is 0.0626. The van der Waals surface area contributed by atoms with E-state index >= 15 is 0 Å². The highest BCUT2D eigenvalue weighted by Gasteiger charge is 2.70. The highest BCUT2D eigenvalue weighted by atomic mass is 16.6. The van der Waals surface area contributed by atoms with Crippen LogP contribution in [0.2, 0.25) is 0 Å². The molecule has 1 unspecified atom stereocenters. The number of nitrogens with zero attached hydrogens (tertiary/aromatic N) is 2. The average Bonchev–Trinajstić information content (AvgIpc) is 3.84. The molecule has 0 spiro atoms. The first-order valence-corrected chi connectivity index (χ1v) is 18.5. The second-order valence-corrected chi connectivity index (χ2v) is 16.9. The Morgan fingerprint density at radius 1 is 1.02 bits per heavy atom. The van der Waals surface area contributed by atoms with Gasteiger partial charge in [-0.15, -0.1) is 6.58 Å². The van der Waals surface area contributed by atoms with Crippen molar-refractivity contribution in [3.63, 3.8) is 0 Å². The Hall–Kier alpha value is -4.42. The SMILES string of the molecule is C=CCNC(=O)C(=O)C(CC1CC1)NC(=O)[C@@H]1[C@@H]2[C@H](CN1C(=O)[C@@H](NC(=O)N[C@H](COC(=O)N(C)C)C(C)(C)C)C1Cc3ccccc3C1)C2(C)C. The highest BCUT2D eigenvalue weighted by molar-refractivity contribution is 6.38. The van der Waals surface area contributed by atoms with Crippen LogP contribution in [0.4, 0.5) is 9.59 Å². The molecule has 284 valence electrons. The van der Waals surface area contributed by atoms with Crippen molar-refractivity contribution in [2.24, 2.45) is 34.5 Å². The zero-order chi connectivity index (χ0) is 38.1. The van der Waals surface area contributed by atoms with E-state index in [2.05, 4.69) is 41.7 Å². The lowest BCUT2D eigenvalue weighted by atomic mass is 9.87. The van der Waals surface area contributed by atoms with Crippen molar-refractivity contribution >= 4 is 35.6 Å². The molecular formula is C39H56N6O7. The third-order valence-corrected chi connectivity index (χ3v) is 11.5. The van der Waals surface area contributed by atoms with Gasteiger partial charge in [-0.2, -0.15) is 0 Å². The van der Waals surface area contributed by atoms with Crippen molar-refractivity contribution in [2.45, 2.75) is 90.9 Å². The van der Waals surface area contributed by atoms with Crippen LogP contribution in [0.1, 0.15) is 65.0 Å². The Labute approximate surface area is 307 Å². The normalized spacial score (nSPS) is 23.2. The number of likely N-dealkylation sites (tertiary alicyclic amines) is 1. The molecule has 1 saturated heterocycles. The molecule has 1 aromatic rings. The topological polar surface area (TPSA) is 166 Å². The van der Waals surface area contributed by atoms with Crippen LogP contribution in [-0.2, 0) is 36.8 Å². The Morgan fingerprint density at radius 3 is 2.21 bits per heavy atom. The third kappa shape index (κ3) is 8.61. The minimum atomic E-state index is -1.01. The van der Waals surface area contributed by atoms with Crippen LogP contribution in [0.3, 0.4) is 0 Å². The maximum Gasteiger partial charge on any atom is 0.409 e. The summed E-state index contributed by atoms with van der Waals surface area (Å²) in [5.41, 5.74) is 1.51. The number of hydrogen-bond acceptors (Lipinski definition) is 7. The number of carbonyl (C=O) groups excluding carboxylic acids is 6. The van der Waals surface area contributed by atoms with Crippen LogP contribution >= 0.6 is 0 Å². The van der Waals surface area contributed by atoms with Crippen LogP contribution in [0.5, 0.6) is 0 Å². The number of carbonyl (C=O) groups is 6. The van der Waals surface area contributed by atoms with Gasteiger partial charge in [0.2, 0.25) is 17.6 Å². The van der Waals surface area contributed by atoms with Crippen LogP contribution in [0, 0.1) is 34.5 Å². The smallest absolute Gasteiger partial charge is 0.409 e. The first kappa shape index (κ1) is 38.8. The summed E-state index contributed by atoms with van der Waals surface area (Å²) in [5, 5.41) is 11.3. The zero-order valence-corrected chi connectivity index (χ0v) is 31.6. The van der Waals surface area contributed by atoms with Gasteiger partial charge in [0.25, 0.3) is 5.91 Å². The van der Waals surface area contributed by atoms with E-state index in [4.69, 9.17) is 4.74 Å². The lowest BCUT2D eigenvalue weighted by Gasteiger charge is -2.36. The van der Waals surface area contributed by atoms with Gasteiger partial charge in [0.15, 0.2) is 0 Å². The highest BCUT2D eigenvalue weighted by Crippen LogP contribution is 2.65. The number of nitrogens with one attached hydrogen (secondary N) is 4. The molecule has 13 heteroatoms. The molecule has 0 radical (unpaired) electrons. The summed E-state index contributed by atoms with van der Waals surface area (Å²) in [5.74, 6) is -2.44. The standard InChI is InChI=1S/C39H56N6O7/c1-9-16-40-34(48)32(46)27(17-22-14-15-22)41-33(47)31-29-26(39(29,5)6)20-45(31)35(49)30(25-18-23-12-10-11-13-24(23)19-25)43-36(50)42-28(38(2,3)4)21-52-37(51)44(7)8/h9-13,22,25-31H,1,14-21H2,2-8H3,(H,40,48)(H,41,47)(H2,42,43,50)/t26-,27?,28+,29-,30-,31-/m0/s1. The first-order valence-electron chi connectivity index (χ1n) is 18.5. The van der Waals surface area contributed by atoms with Gasteiger partial charge in [-0.05, 0) is 64.9 Å². The molecule has 6 atom stereocenters. The maximum absolute atomic E-state index is 14.8. The number of benzene rings is 1. The predicted molar refractivity (Wildman–Crippen MR) is 195 cm³/mol. The van der Waals surface area contributed by atoms with Gasteiger partial charge >= 0.3 is 12.1 Å². The number of Topliss-reactive ketones (excluding diaryl/α,β-unsaturated/α-hetero) is 1. The maximum atomic E-state index is 14.8. The summed E-state index contributed by atoms with van der Waals surface area (Å²) in [6.45, 7) is 13.9. The monoisotopic (exact) mass is 720 g/mol. The van der Waals surface area contributed by atoms with Gasteiger partial charge in [-0.3, -0.25) is 19.2 Å². The van der Waals surface area contributed by atoms with Crippen molar-refractivity contribution in [3.8, 4) is 0 Å². The molecule has 0 aromatic heterocycles. The van der Waals surface area contributed by atoms with Gasteiger partial charge < -0.3 is 35.8 Å². The van der Waals surface area contributed by atoms with Crippen LogP contribution in [-0.4, -0.2) is 103 Å². The van der Waals surface area contributed by atoms with Crippen LogP contribution in [0.25, 0.3) is 0 Å². The number of hydrogen-bond donors (Lipinski definition) is 4. The molecule has 0 bridgehead atoms. The summed E-state index contributed by atoms with van der Waals surface area (Å²) in [6.07, 6.45) is 4.28. The van der Waals surface area contributed by atoms with E-state index in [0.29, 0.717) is 25.8 Å². The molecule has 1 aliphatic heterocycles. The van der Waals surface area contributed by atoms with E-state index in [1.165, 1.54) is 11.0 Å². The number of ketones is 1. The minimum Gasteiger partial charge on any atom is -0.447 e. The second kappa shape index (κ2) is 15.3. The van der Waals surface area contributed by atoms with Gasteiger partial charge in [0, 0.05) is 27.2 Å². The van der Waals surface area contributed by atoms with Gasteiger partial charge in [0.05, 0.1) is 12.1 Å². The molecule has 2 saturated carbocycles. The average molecular weight is 721 g/mol. The fraction of sp³-hybridized carbons (Fsp3) is 0.641. The molecule has 4 aliphatic rings. The van der Waals surface area contributed by atoms with E-state index in [1.807, 2.05) is 45.0 Å². The molecule has 6 amide bonds. The molecule has 1 aromatic carbocycles. The van der Waals surface area contributed by atoms with Crippen molar-refractivity contribution in [2.75, 3.05) is 33.8 Å². The van der Waals surface area contributed by atoms with Crippen LogP contribution < -0.4 is 21.3 Å². The lowest BCUT2D eigenvalue weighted by molar-refractivity contribution is -0.144. The third-order valence-electron chi connectivity index (χ3n) is 11.5. The van der Waals surface area contributed by atoms with Crippen molar-refractivity contribution < 1.29 is 33.5 Å². The van der Waals surface area contributed by atoms with E-state index < -0.39 is 59.3 Å². The zero-order valence-electron chi connectivity index (χ0n) is 31.6. The summed E-state index contributed by atoms with van der Waals surface area (Å²) >= 11 is 0. The van der Waals surface area contributed by atoms with Gasteiger partial charge in [-0.1, -0.05) is 77.8 Å². The van der Waals surface area contributed by atoms with Crippen LogP contribution in [0.15, 0.2) is 36.9 Å². The molecular weight excluding hydrogens is 664 g/mol. The van der Waals surface area contributed by atoms with E-state index in [1.54, 1.807) is 19.0 Å². The lowest BCUT2D eigenvalue weighted by Crippen LogP contribution is -2.61. The molecule has 3 aliphatic carbocycles. The Kier molecular flexibility index (Phi) is 11.4. The molecule has 4 N–H and O–H groups in total. The number of rotatable bonds is 14. The summed E-state index contributed by atoms with van der Waals surface area (Å²) in [4.78, 5) is 83.9. The Bertz CT molecular complexity index is 1560. The summed E-state index contributed by atoms with van der Waals surface area (Å²) in [7, 11) is 3.15. The van der Waals surface area contributed by atoms with E-state index in [9.17, 15) is 28.8 Å². The Balaban J connectivity index is 1.38. The molecule has 13 nitrogen and oxygen atoms in total. The molecule has 3 fully saturated rings. The van der Waals surface area contributed by atoms with Gasteiger partial charge in [-0.25, -0.2) is 9.59 Å². The quantitative estimate of drug-likeness (QED) is 0.170. The largest absolute Gasteiger partial charge is 0.447 e. The molecule has 52 heavy (non-hydrogen) atoms. The van der Waals surface area contributed by atoms with Crippen molar-refractivity contribution in [1.82, 2.24) is 31.1 Å². The first-order chi connectivity index (χ1) is 24.4. The number of urea groups is 1. The molecule has 1 heterocycles. The fourth-order valence-electron chi connectivity index (χ4n) is 7.92. The number of amides is 6. The van der Waals surface area contributed by atoms with Gasteiger partial charge in [0.1, 0.15) is 18.7 Å². The summed E-state index contributed by atoms with van der Waals surface area (Å²) < 4.78 is 5.43. The fourth-order valence-corrected chi connectivity index (χ4v) is 7.92. The van der Waals surface area contributed by atoms with Crippen molar-refractivity contribution in [3.05, 3.63) is 48.0 Å². The van der Waals surface area contributed by atoms with E-state index in [-0.39, 0.29) is 48.1 Å². The number of fused-ring (bicyclic) bond motifs is 2. The summed E-state index contributed by atoms with van der Waals surface area (Å²) in [6, 6.07) is 3.95. The van der Waals surface area contributed by atoms with Crippen molar-refractivity contribution in [1.29, 1.82) is 0 Å². The number of piperidine rings is 1. The Morgan fingerprint density at radius 2 is 1.65 bits per heavy atom. The van der Waals surface area contributed by atoms with E-state index in [0.717, 1.165) is 24.0 Å².